The topological polar surface area (TPSA) is 123 Å². The number of rotatable bonds is 8. The number of anilines is 1. The Morgan fingerprint density at radius 2 is 2.22 bits per heavy atom. The molecule has 0 spiro atoms. The maximum atomic E-state index is 9.18. The molecule has 1 aromatic heterocycles. The maximum Gasteiger partial charge on any atom is 0.152 e. The van der Waals surface area contributed by atoms with Crippen LogP contribution in [0.1, 0.15) is 30.2 Å². The molecule has 4 N–H and O–H groups in total. The van der Waals surface area contributed by atoms with E-state index in [9.17, 15) is 5.26 Å². The number of benzene rings is 1. The molecule has 140 valence electrons. The van der Waals surface area contributed by atoms with Gasteiger partial charge >= 0.3 is 0 Å². The first-order valence-electron chi connectivity index (χ1n) is 8.33. The number of nitrogen functional groups attached to an aromatic ring is 1. The minimum Gasteiger partial charge on any atom is -0.384 e. The third kappa shape index (κ3) is 5.61. The molecule has 7 nitrogen and oxygen atoms in total. The molecule has 1 atom stereocenters. The highest BCUT2D eigenvalue weighted by Crippen LogP contribution is 2.17. The Balaban J connectivity index is 1.90. The van der Waals surface area contributed by atoms with E-state index in [2.05, 4.69) is 27.0 Å². The summed E-state index contributed by atoms with van der Waals surface area (Å²) in [4.78, 5) is 5.65. The largest absolute Gasteiger partial charge is 0.384 e. The molecule has 0 fully saturated rings. The number of nitrogens with zero attached hydrogens (tertiary/aromatic N) is 3. The fourth-order valence-electron chi connectivity index (χ4n) is 2.48. The molecule has 2 aromatic rings. The highest BCUT2D eigenvalue weighted by Gasteiger charge is 2.18. The van der Waals surface area contributed by atoms with Crippen LogP contribution in [0.4, 0.5) is 5.82 Å². The summed E-state index contributed by atoms with van der Waals surface area (Å²) in [6.07, 6.45) is 1.72. The summed E-state index contributed by atoms with van der Waals surface area (Å²) in [5.41, 5.74) is 7.49. The van der Waals surface area contributed by atoms with Gasteiger partial charge in [-0.15, -0.1) is 0 Å². The van der Waals surface area contributed by atoms with Gasteiger partial charge in [-0.3, -0.25) is 10.8 Å². The molecule has 0 aliphatic heterocycles. The van der Waals surface area contributed by atoms with Gasteiger partial charge in [0.05, 0.1) is 24.6 Å². The highest BCUT2D eigenvalue weighted by atomic mass is 79.9. The van der Waals surface area contributed by atoms with Crippen molar-refractivity contribution < 1.29 is 4.74 Å². The van der Waals surface area contributed by atoms with Gasteiger partial charge in [-0.2, -0.15) is 5.26 Å². The van der Waals surface area contributed by atoms with Crippen LogP contribution in [-0.4, -0.2) is 34.7 Å². The molecule has 8 heteroatoms. The normalized spacial score (nSPS) is 11.4. The van der Waals surface area contributed by atoms with Gasteiger partial charge in [0.2, 0.25) is 0 Å². The Labute approximate surface area is 166 Å². The van der Waals surface area contributed by atoms with Crippen LogP contribution in [-0.2, 0) is 11.3 Å². The third-order valence-corrected chi connectivity index (χ3v) is 4.51. The molecule has 0 unspecified atom stereocenters. The summed E-state index contributed by atoms with van der Waals surface area (Å²) in [7, 11) is 0. The van der Waals surface area contributed by atoms with Gasteiger partial charge in [-0.05, 0) is 43.2 Å². The van der Waals surface area contributed by atoms with Crippen LogP contribution in [0.3, 0.4) is 0 Å². The second-order valence-corrected chi connectivity index (χ2v) is 6.85. The molecular formula is C19H21BrN6O. The number of hydrogen-bond acceptors (Lipinski definition) is 6. The quantitative estimate of drug-likeness (QED) is 0.337. The third-order valence-electron chi connectivity index (χ3n) is 4.02. The molecule has 0 saturated heterocycles. The smallest absolute Gasteiger partial charge is 0.152 e. The lowest BCUT2D eigenvalue weighted by Gasteiger charge is -2.26. The maximum absolute atomic E-state index is 9.18. The van der Waals surface area contributed by atoms with Crippen molar-refractivity contribution in [3.8, 4) is 6.07 Å². The standard InChI is InChI=1S/C19H21BrN6O/c1-13(26(12-22)19(24)17-3-2-4-18(23)25-17)7-8-27-11-14-5-6-16(20)9-15(14)10-21/h2-6,9,12-13,22,24H,7-8,11H2,1H3,(H2,23,25)/t13-/m1/s1. The van der Waals surface area contributed by atoms with Crippen molar-refractivity contribution >= 4 is 33.9 Å². The molecule has 0 bridgehead atoms. The fourth-order valence-corrected chi connectivity index (χ4v) is 2.84. The second-order valence-electron chi connectivity index (χ2n) is 5.94. The average Bonchev–Trinajstić information content (AvgIpc) is 2.66. The van der Waals surface area contributed by atoms with Crippen molar-refractivity contribution in [2.24, 2.45) is 0 Å². The summed E-state index contributed by atoms with van der Waals surface area (Å²) in [6.45, 7) is 2.68. The van der Waals surface area contributed by atoms with Crippen molar-refractivity contribution in [1.29, 1.82) is 16.1 Å². The minimum absolute atomic E-state index is 0.115. The second kappa shape index (κ2) is 9.80. The number of nitriles is 1. The van der Waals surface area contributed by atoms with E-state index in [-0.39, 0.29) is 11.9 Å². The SMILES string of the molecule is C[C@H](CCOCc1ccc(Br)cc1C#N)N(C=N)C(=N)c1cccc(N)n1. The van der Waals surface area contributed by atoms with Gasteiger partial charge < -0.3 is 15.4 Å². The van der Waals surface area contributed by atoms with Gasteiger partial charge in [0.1, 0.15) is 11.5 Å². The Kier molecular flexibility index (Phi) is 7.46. The Morgan fingerprint density at radius 1 is 1.44 bits per heavy atom. The average molecular weight is 429 g/mol. The van der Waals surface area contributed by atoms with E-state index in [1.54, 1.807) is 24.3 Å². The summed E-state index contributed by atoms with van der Waals surface area (Å²) in [5.74, 6) is 0.449. The molecule has 2 rings (SSSR count). The molecule has 1 heterocycles. The van der Waals surface area contributed by atoms with Crippen LogP contribution in [0.5, 0.6) is 0 Å². The Morgan fingerprint density at radius 3 is 2.89 bits per heavy atom. The van der Waals surface area contributed by atoms with Crippen molar-refractivity contribution in [2.75, 3.05) is 12.3 Å². The predicted molar refractivity (Wildman–Crippen MR) is 109 cm³/mol. The van der Waals surface area contributed by atoms with E-state index in [0.29, 0.717) is 36.7 Å². The molecule has 1 aromatic carbocycles. The highest BCUT2D eigenvalue weighted by molar-refractivity contribution is 9.10. The van der Waals surface area contributed by atoms with Gasteiger partial charge in [0, 0.05) is 17.1 Å². The van der Waals surface area contributed by atoms with Crippen LogP contribution in [0.15, 0.2) is 40.9 Å². The van der Waals surface area contributed by atoms with Crippen LogP contribution >= 0.6 is 15.9 Å². The van der Waals surface area contributed by atoms with Crippen LogP contribution in [0.25, 0.3) is 0 Å². The van der Waals surface area contributed by atoms with E-state index < -0.39 is 0 Å². The summed E-state index contributed by atoms with van der Waals surface area (Å²) in [6, 6.07) is 12.6. The van der Waals surface area contributed by atoms with E-state index in [0.717, 1.165) is 16.4 Å². The van der Waals surface area contributed by atoms with Gasteiger partial charge in [0.15, 0.2) is 5.84 Å². The van der Waals surface area contributed by atoms with Gasteiger partial charge in [-0.1, -0.05) is 28.1 Å². The summed E-state index contributed by atoms with van der Waals surface area (Å²) in [5, 5.41) is 25.1. The zero-order chi connectivity index (χ0) is 19.8. The van der Waals surface area contributed by atoms with Crippen molar-refractivity contribution in [2.45, 2.75) is 26.0 Å². The monoisotopic (exact) mass is 428 g/mol. The van der Waals surface area contributed by atoms with E-state index >= 15 is 0 Å². The predicted octanol–water partition coefficient (Wildman–Crippen LogP) is 3.53. The zero-order valence-corrected chi connectivity index (χ0v) is 16.5. The van der Waals surface area contributed by atoms with Crippen LogP contribution in [0, 0.1) is 22.1 Å². The fraction of sp³-hybridized carbons (Fsp3) is 0.263. The number of hydrogen-bond donors (Lipinski definition) is 3. The lowest BCUT2D eigenvalue weighted by atomic mass is 10.1. The van der Waals surface area contributed by atoms with Crippen molar-refractivity contribution in [1.82, 2.24) is 9.88 Å². The van der Waals surface area contributed by atoms with Crippen LogP contribution in [0.2, 0.25) is 0 Å². The molecule has 0 amide bonds. The van der Waals surface area contributed by atoms with E-state index in [1.165, 1.54) is 4.90 Å². The minimum atomic E-state index is -0.126. The number of amidine groups is 1. The number of pyridine rings is 1. The molecule has 0 radical (unpaired) electrons. The zero-order valence-electron chi connectivity index (χ0n) is 14.9. The molecular weight excluding hydrogens is 408 g/mol. The number of aromatic nitrogens is 1. The molecule has 0 aliphatic carbocycles. The number of nitrogens with two attached hydrogens (primary N) is 1. The Hall–Kier alpha value is -2.76. The lowest BCUT2D eigenvalue weighted by Crippen LogP contribution is -2.38. The first kappa shape index (κ1) is 20.6. The van der Waals surface area contributed by atoms with Gasteiger partial charge in [0.25, 0.3) is 0 Å². The number of halogens is 1. The number of nitrogens with one attached hydrogen (secondary N) is 2. The Bertz CT molecular complexity index is 864. The van der Waals surface area contributed by atoms with E-state index in [4.69, 9.17) is 21.3 Å². The van der Waals surface area contributed by atoms with Crippen LogP contribution < -0.4 is 5.73 Å². The first-order chi connectivity index (χ1) is 13.0. The van der Waals surface area contributed by atoms with Crippen molar-refractivity contribution in [3.05, 3.63) is 57.7 Å². The van der Waals surface area contributed by atoms with Gasteiger partial charge in [-0.25, -0.2) is 4.98 Å². The van der Waals surface area contributed by atoms with Crippen molar-refractivity contribution in [3.63, 3.8) is 0 Å². The number of ether oxygens (including phenoxy) is 1. The molecule has 27 heavy (non-hydrogen) atoms. The summed E-state index contributed by atoms with van der Waals surface area (Å²) < 4.78 is 6.55. The molecule has 0 aliphatic rings. The summed E-state index contributed by atoms with van der Waals surface area (Å²) >= 11 is 3.35. The lowest BCUT2D eigenvalue weighted by molar-refractivity contribution is 0.109. The van der Waals surface area contributed by atoms with E-state index in [1.807, 2.05) is 19.1 Å². The first-order valence-corrected chi connectivity index (χ1v) is 9.12. The molecule has 0 saturated carbocycles.